The first kappa shape index (κ1) is 16.2. The van der Waals surface area contributed by atoms with Crippen molar-refractivity contribution in [2.75, 3.05) is 20.1 Å². The number of aliphatic hydroxyl groups is 1. The number of carbonyl (C=O) groups excluding carboxylic acids is 2. The Kier molecular flexibility index (Phi) is 5.32. The van der Waals surface area contributed by atoms with E-state index in [1.54, 1.807) is 13.8 Å². The third kappa shape index (κ3) is 4.09. The highest BCUT2D eigenvalue weighted by Gasteiger charge is 2.40. The van der Waals surface area contributed by atoms with Crippen LogP contribution < -0.4 is 5.32 Å². The maximum absolute atomic E-state index is 12.1. The van der Waals surface area contributed by atoms with E-state index in [1.807, 2.05) is 0 Å². The number of aliphatic carboxylic acids is 1. The summed E-state index contributed by atoms with van der Waals surface area (Å²) >= 11 is 0. The topological polar surface area (TPSA) is 110 Å². The molecule has 1 aliphatic heterocycles. The van der Waals surface area contributed by atoms with Gasteiger partial charge in [0.25, 0.3) is 0 Å². The lowest BCUT2D eigenvalue weighted by Gasteiger charge is -2.27. The van der Waals surface area contributed by atoms with E-state index >= 15 is 0 Å². The number of nitrogens with one attached hydrogen (secondary N) is 1. The normalized spacial score (nSPS) is 21.9. The molecule has 114 valence electrons. The molecule has 0 bridgehead atoms. The number of carboxylic acid groups (broad SMARTS) is 1. The number of carbonyl (C=O) groups is 3. The summed E-state index contributed by atoms with van der Waals surface area (Å²) in [6, 6.07) is -1.66. The highest BCUT2D eigenvalue weighted by atomic mass is 16.4. The van der Waals surface area contributed by atoms with E-state index in [2.05, 4.69) is 5.32 Å². The second-order valence-corrected chi connectivity index (χ2v) is 5.26. The van der Waals surface area contributed by atoms with Crippen molar-refractivity contribution in [1.82, 2.24) is 15.1 Å². The van der Waals surface area contributed by atoms with Gasteiger partial charge in [-0.25, -0.2) is 9.59 Å². The largest absolute Gasteiger partial charge is 0.480 e. The Bertz CT molecular complexity index is 399. The van der Waals surface area contributed by atoms with E-state index < -0.39 is 24.1 Å². The van der Waals surface area contributed by atoms with Crippen LogP contribution in [0.3, 0.4) is 0 Å². The van der Waals surface area contributed by atoms with Crippen molar-refractivity contribution < 1.29 is 24.6 Å². The molecule has 0 aromatic carbocycles. The van der Waals surface area contributed by atoms with E-state index in [0.717, 1.165) is 9.80 Å². The van der Waals surface area contributed by atoms with Gasteiger partial charge in [-0.3, -0.25) is 4.79 Å². The average molecular weight is 287 g/mol. The number of likely N-dealkylation sites (N-methyl/N-ethyl adjacent to an activating group) is 1. The minimum absolute atomic E-state index is 0.00705. The fourth-order valence-electron chi connectivity index (χ4n) is 2.13. The van der Waals surface area contributed by atoms with Crippen LogP contribution in [0.25, 0.3) is 0 Å². The second-order valence-electron chi connectivity index (χ2n) is 5.26. The molecule has 1 heterocycles. The zero-order chi connectivity index (χ0) is 15.4. The Hall–Kier alpha value is -1.83. The lowest BCUT2D eigenvalue weighted by molar-refractivity contribution is -0.141. The number of rotatable bonds is 4. The quantitative estimate of drug-likeness (QED) is 0.619. The van der Waals surface area contributed by atoms with Gasteiger partial charge < -0.3 is 25.3 Å². The summed E-state index contributed by atoms with van der Waals surface area (Å²) in [6.07, 6.45) is -0.842. The Morgan fingerprint density at radius 3 is 2.50 bits per heavy atom. The predicted octanol–water partition coefficient (Wildman–Crippen LogP) is -0.917. The number of nitrogens with zero attached hydrogens (tertiary/aromatic N) is 2. The number of aliphatic hydroxyl groups excluding tert-OH is 1. The monoisotopic (exact) mass is 287 g/mol. The first-order valence-corrected chi connectivity index (χ1v) is 6.44. The number of amides is 3. The van der Waals surface area contributed by atoms with Gasteiger partial charge in [0, 0.05) is 26.1 Å². The third-order valence-electron chi connectivity index (χ3n) is 2.97. The molecule has 1 fully saturated rings. The minimum atomic E-state index is -1.16. The summed E-state index contributed by atoms with van der Waals surface area (Å²) < 4.78 is 0. The van der Waals surface area contributed by atoms with Gasteiger partial charge >= 0.3 is 12.0 Å². The number of hydrogen-bond donors (Lipinski definition) is 3. The summed E-state index contributed by atoms with van der Waals surface area (Å²) in [4.78, 5) is 37.0. The van der Waals surface area contributed by atoms with Crippen LogP contribution in [0, 0.1) is 0 Å². The van der Waals surface area contributed by atoms with Crippen LogP contribution >= 0.6 is 0 Å². The maximum Gasteiger partial charge on any atom is 0.326 e. The third-order valence-corrected chi connectivity index (χ3v) is 2.97. The van der Waals surface area contributed by atoms with Crippen LogP contribution in [0.5, 0.6) is 0 Å². The minimum Gasteiger partial charge on any atom is -0.480 e. The van der Waals surface area contributed by atoms with Gasteiger partial charge in [-0.2, -0.15) is 0 Å². The van der Waals surface area contributed by atoms with E-state index in [-0.39, 0.29) is 31.5 Å². The number of carboxylic acids is 1. The number of likely N-dealkylation sites (tertiary alicyclic amines) is 1. The van der Waals surface area contributed by atoms with Gasteiger partial charge in [-0.15, -0.1) is 0 Å². The van der Waals surface area contributed by atoms with E-state index in [0.29, 0.717) is 0 Å². The first-order chi connectivity index (χ1) is 9.22. The van der Waals surface area contributed by atoms with Crippen molar-refractivity contribution in [3.8, 4) is 0 Å². The molecule has 0 saturated carbocycles. The molecule has 3 amide bonds. The Morgan fingerprint density at radius 2 is 2.00 bits per heavy atom. The lowest BCUT2D eigenvalue weighted by atomic mass is 10.2. The lowest BCUT2D eigenvalue weighted by Crippen LogP contribution is -2.49. The molecule has 1 rings (SSSR count). The van der Waals surface area contributed by atoms with Crippen LogP contribution in [0.2, 0.25) is 0 Å². The predicted molar refractivity (Wildman–Crippen MR) is 70.1 cm³/mol. The highest BCUT2D eigenvalue weighted by molar-refractivity contribution is 5.87. The highest BCUT2D eigenvalue weighted by Crippen LogP contribution is 2.19. The van der Waals surface area contributed by atoms with Crippen molar-refractivity contribution >= 4 is 17.9 Å². The summed E-state index contributed by atoms with van der Waals surface area (Å²) in [5.74, 6) is -1.47. The zero-order valence-electron chi connectivity index (χ0n) is 11.9. The SMILES string of the molecule is CC(C)NC(=O)CN(C)C(=O)N1C[C@H](O)C[C@H]1C(=O)O. The molecule has 1 saturated heterocycles. The van der Waals surface area contributed by atoms with Crippen LogP contribution in [-0.2, 0) is 9.59 Å². The van der Waals surface area contributed by atoms with E-state index in [9.17, 15) is 19.5 Å². The van der Waals surface area contributed by atoms with Crippen LogP contribution in [0.15, 0.2) is 0 Å². The van der Waals surface area contributed by atoms with Crippen molar-refractivity contribution in [2.24, 2.45) is 0 Å². The van der Waals surface area contributed by atoms with Crippen molar-refractivity contribution in [3.63, 3.8) is 0 Å². The van der Waals surface area contributed by atoms with E-state index in [4.69, 9.17) is 5.11 Å². The van der Waals surface area contributed by atoms with Crippen LogP contribution in [-0.4, -0.2) is 76.2 Å². The average Bonchev–Trinajstić information content (AvgIpc) is 2.69. The number of hydrogen-bond acceptors (Lipinski definition) is 4. The van der Waals surface area contributed by atoms with Crippen LogP contribution in [0.4, 0.5) is 4.79 Å². The molecule has 0 aliphatic carbocycles. The van der Waals surface area contributed by atoms with Gasteiger partial charge in [0.1, 0.15) is 12.6 Å². The Morgan fingerprint density at radius 1 is 1.40 bits per heavy atom. The van der Waals surface area contributed by atoms with Crippen LogP contribution in [0.1, 0.15) is 20.3 Å². The van der Waals surface area contributed by atoms with Gasteiger partial charge in [-0.05, 0) is 13.8 Å². The van der Waals surface area contributed by atoms with Gasteiger partial charge in [0.15, 0.2) is 0 Å². The standard InChI is InChI=1S/C12H21N3O5/c1-7(2)13-10(17)6-14(3)12(20)15-5-8(16)4-9(15)11(18)19/h7-9,16H,4-6H2,1-3H3,(H,13,17)(H,18,19)/t8-,9+/m1/s1. The molecular formula is C12H21N3O5. The Labute approximate surface area is 117 Å². The first-order valence-electron chi connectivity index (χ1n) is 6.44. The summed E-state index contributed by atoms with van der Waals surface area (Å²) in [7, 11) is 1.42. The summed E-state index contributed by atoms with van der Waals surface area (Å²) in [5, 5.41) is 21.2. The molecule has 3 N–H and O–H groups in total. The van der Waals surface area contributed by atoms with Gasteiger partial charge in [0.2, 0.25) is 5.91 Å². The molecule has 2 atom stereocenters. The Balaban J connectivity index is 2.64. The van der Waals surface area contributed by atoms with Crippen molar-refractivity contribution in [3.05, 3.63) is 0 Å². The van der Waals surface area contributed by atoms with Gasteiger partial charge in [-0.1, -0.05) is 0 Å². The smallest absolute Gasteiger partial charge is 0.326 e. The molecular weight excluding hydrogens is 266 g/mol. The fraction of sp³-hybridized carbons (Fsp3) is 0.750. The maximum atomic E-state index is 12.1. The number of urea groups is 1. The molecule has 0 spiro atoms. The van der Waals surface area contributed by atoms with Crippen molar-refractivity contribution in [2.45, 2.75) is 38.5 Å². The molecule has 0 unspecified atom stereocenters. The van der Waals surface area contributed by atoms with Crippen molar-refractivity contribution in [1.29, 1.82) is 0 Å². The van der Waals surface area contributed by atoms with Gasteiger partial charge in [0.05, 0.1) is 6.10 Å². The summed E-state index contributed by atoms with van der Waals surface area (Å²) in [6.45, 7) is 3.41. The summed E-state index contributed by atoms with van der Waals surface area (Å²) in [5.41, 5.74) is 0. The molecule has 20 heavy (non-hydrogen) atoms. The molecule has 0 radical (unpaired) electrons. The zero-order valence-corrected chi connectivity index (χ0v) is 11.9. The molecule has 8 nitrogen and oxygen atoms in total. The molecule has 1 aliphatic rings. The molecule has 0 aromatic heterocycles. The van der Waals surface area contributed by atoms with E-state index in [1.165, 1.54) is 7.05 Å². The molecule has 8 heteroatoms. The second kappa shape index (κ2) is 6.56. The molecule has 0 aromatic rings. The number of β-amino-alcohol motifs (C(OH)–C–C–N with tert-alkyl or cyclic N) is 1. The fourth-order valence-corrected chi connectivity index (χ4v) is 2.13.